The Bertz CT molecular complexity index is 485. The number of hydrogen-bond donors (Lipinski definition) is 0. The third-order valence-electron chi connectivity index (χ3n) is 5.40. The van der Waals surface area contributed by atoms with Crippen molar-refractivity contribution in [1.29, 1.82) is 0 Å². The van der Waals surface area contributed by atoms with Crippen LogP contribution in [0.5, 0.6) is 0 Å². The minimum Gasteiger partial charge on any atom is -0.298 e. The summed E-state index contributed by atoms with van der Waals surface area (Å²) in [5.41, 5.74) is 1.79. The van der Waals surface area contributed by atoms with E-state index in [-0.39, 0.29) is 5.41 Å². The van der Waals surface area contributed by atoms with E-state index in [9.17, 15) is 4.79 Å². The lowest BCUT2D eigenvalue weighted by molar-refractivity contribution is -0.132. The highest BCUT2D eigenvalue weighted by molar-refractivity contribution is 9.10. The standard InChI is InChI=1S/C16H18Br2O/c17-11-14(19)16-7-4-15(5-8-16,6-9-16)12-2-1-3-13(18)10-12/h1-3,10H,4-9,11H2. The number of carbonyl (C=O) groups is 1. The maximum Gasteiger partial charge on any atom is 0.149 e. The number of carbonyl (C=O) groups excluding carboxylic acids is 1. The molecule has 0 atom stereocenters. The summed E-state index contributed by atoms with van der Waals surface area (Å²) in [6.45, 7) is 0. The van der Waals surface area contributed by atoms with Crippen LogP contribution in [-0.4, -0.2) is 11.1 Å². The summed E-state index contributed by atoms with van der Waals surface area (Å²) in [6, 6.07) is 8.75. The zero-order chi connectivity index (χ0) is 13.5. The second-order valence-corrected chi connectivity index (χ2v) is 7.60. The molecule has 19 heavy (non-hydrogen) atoms. The predicted octanol–water partition coefficient (Wildman–Crippen LogP) is 5.01. The predicted molar refractivity (Wildman–Crippen MR) is 84.8 cm³/mol. The number of hydrogen-bond acceptors (Lipinski definition) is 1. The van der Waals surface area contributed by atoms with Crippen LogP contribution in [0.4, 0.5) is 0 Å². The van der Waals surface area contributed by atoms with Gasteiger partial charge in [-0.3, -0.25) is 4.79 Å². The fourth-order valence-electron chi connectivity index (χ4n) is 4.00. The molecule has 0 aliphatic heterocycles. The van der Waals surface area contributed by atoms with Gasteiger partial charge in [-0.25, -0.2) is 0 Å². The zero-order valence-corrected chi connectivity index (χ0v) is 14.1. The molecular formula is C16H18Br2O. The molecule has 3 saturated carbocycles. The second kappa shape index (κ2) is 5.00. The van der Waals surface area contributed by atoms with Crippen LogP contribution in [0.1, 0.15) is 44.1 Å². The first kappa shape index (κ1) is 13.8. The molecule has 0 heterocycles. The first-order chi connectivity index (χ1) is 9.10. The number of ketones is 1. The van der Waals surface area contributed by atoms with Gasteiger partial charge in [-0.05, 0) is 61.6 Å². The van der Waals surface area contributed by atoms with Gasteiger partial charge in [0.2, 0.25) is 0 Å². The summed E-state index contributed by atoms with van der Waals surface area (Å²) in [5, 5.41) is 0.525. The number of halogens is 2. The molecule has 0 unspecified atom stereocenters. The Morgan fingerprint density at radius 3 is 2.26 bits per heavy atom. The van der Waals surface area contributed by atoms with Gasteiger partial charge in [0.1, 0.15) is 5.78 Å². The molecular weight excluding hydrogens is 368 g/mol. The van der Waals surface area contributed by atoms with Crippen LogP contribution in [0.2, 0.25) is 0 Å². The quantitative estimate of drug-likeness (QED) is 0.668. The fourth-order valence-corrected chi connectivity index (χ4v) is 4.99. The van der Waals surface area contributed by atoms with Crippen LogP contribution in [-0.2, 0) is 10.2 Å². The lowest BCUT2D eigenvalue weighted by atomic mass is 9.51. The van der Waals surface area contributed by atoms with Crippen LogP contribution >= 0.6 is 31.9 Å². The van der Waals surface area contributed by atoms with Crippen LogP contribution in [0.3, 0.4) is 0 Å². The van der Waals surface area contributed by atoms with Crippen LogP contribution in [0.25, 0.3) is 0 Å². The Labute approximate surface area is 131 Å². The molecule has 3 heteroatoms. The Hall–Kier alpha value is -0.150. The third-order valence-corrected chi connectivity index (χ3v) is 6.40. The maximum absolute atomic E-state index is 12.2. The monoisotopic (exact) mass is 384 g/mol. The van der Waals surface area contributed by atoms with Gasteiger partial charge in [0.25, 0.3) is 0 Å². The molecule has 1 aromatic carbocycles. The molecule has 3 aliphatic carbocycles. The number of Topliss-reactive ketones (excluding diaryl/α,β-unsaturated/α-hetero) is 1. The van der Waals surface area contributed by atoms with Crippen LogP contribution in [0, 0.1) is 5.41 Å². The summed E-state index contributed by atoms with van der Waals surface area (Å²) in [7, 11) is 0. The van der Waals surface area contributed by atoms with Crippen LogP contribution < -0.4 is 0 Å². The van der Waals surface area contributed by atoms with E-state index >= 15 is 0 Å². The van der Waals surface area contributed by atoms with E-state index in [1.54, 1.807) is 0 Å². The first-order valence-corrected chi connectivity index (χ1v) is 8.87. The summed E-state index contributed by atoms with van der Waals surface area (Å²) < 4.78 is 1.17. The number of alkyl halides is 1. The molecule has 1 nitrogen and oxygen atoms in total. The molecule has 2 bridgehead atoms. The molecule has 0 radical (unpaired) electrons. The number of fused-ring (bicyclic) bond motifs is 3. The van der Waals surface area contributed by atoms with Gasteiger partial charge in [-0.2, -0.15) is 0 Å². The molecule has 4 rings (SSSR count). The molecule has 3 aliphatic rings. The summed E-state index contributed by atoms with van der Waals surface area (Å²) >= 11 is 6.94. The van der Waals surface area contributed by atoms with Gasteiger partial charge >= 0.3 is 0 Å². The summed E-state index contributed by atoms with van der Waals surface area (Å²) in [4.78, 5) is 12.2. The third kappa shape index (κ3) is 2.23. The van der Waals surface area contributed by atoms with Gasteiger partial charge in [-0.1, -0.05) is 44.0 Å². The van der Waals surface area contributed by atoms with Crippen molar-refractivity contribution in [3.05, 3.63) is 34.3 Å². The zero-order valence-electron chi connectivity index (χ0n) is 10.9. The van der Waals surface area contributed by atoms with Gasteiger partial charge < -0.3 is 0 Å². The normalized spacial score (nSPS) is 33.4. The second-order valence-electron chi connectivity index (χ2n) is 6.13. The molecule has 0 aromatic heterocycles. The van der Waals surface area contributed by atoms with Crippen LogP contribution in [0.15, 0.2) is 28.7 Å². The highest BCUT2D eigenvalue weighted by atomic mass is 79.9. The highest BCUT2D eigenvalue weighted by Crippen LogP contribution is 2.58. The molecule has 0 saturated heterocycles. The minimum absolute atomic E-state index is 0.00272. The van der Waals surface area contributed by atoms with E-state index in [1.165, 1.54) is 29.3 Å². The van der Waals surface area contributed by atoms with Crippen molar-refractivity contribution < 1.29 is 4.79 Å². The average molecular weight is 386 g/mol. The molecule has 3 fully saturated rings. The maximum atomic E-state index is 12.2. The van der Waals surface area contributed by atoms with Gasteiger partial charge in [0.05, 0.1) is 5.33 Å². The van der Waals surface area contributed by atoms with E-state index in [0.29, 0.717) is 16.5 Å². The lowest BCUT2D eigenvalue weighted by Crippen LogP contribution is -2.48. The van der Waals surface area contributed by atoms with Crippen molar-refractivity contribution in [2.45, 2.75) is 43.9 Å². The van der Waals surface area contributed by atoms with Gasteiger partial charge in [0, 0.05) is 9.89 Å². The Kier molecular flexibility index (Phi) is 3.63. The van der Waals surface area contributed by atoms with Crippen molar-refractivity contribution in [2.24, 2.45) is 5.41 Å². The van der Waals surface area contributed by atoms with Crippen molar-refractivity contribution in [3.8, 4) is 0 Å². The molecule has 0 N–H and O–H groups in total. The number of rotatable bonds is 3. The highest BCUT2D eigenvalue weighted by Gasteiger charge is 2.52. The van der Waals surface area contributed by atoms with Crippen molar-refractivity contribution in [2.75, 3.05) is 5.33 Å². The van der Waals surface area contributed by atoms with Crippen molar-refractivity contribution in [3.63, 3.8) is 0 Å². The van der Waals surface area contributed by atoms with E-state index < -0.39 is 0 Å². The lowest BCUT2D eigenvalue weighted by Gasteiger charge is -2.53. The van der Waals surface area contributed by atoms with E-state index in [2.05, 4.69) is 56.1 Å². The summed E-state index contributed by atoms with van der Waals surface area (Å²) in [6.07, 6.45) is 6.73. The molecule has 0 spiro atoms. The summed E-state index contributed by atoms with van der Waals surface area (Å²) in [5.74, 6) is 0.426. The average Bonchev–Trinajstić information content (AvgIpc) is 2.48. The first-order valence-electron chi connectivity index (χ1n) is 6.96. The van der Waals surface area contributed by atoms with Crippen molar-refractivity contribution >= 4 is 37.6 Å². The van der Waals surface area contributed by atoms with E-state index in [4.69, 9.17) is 0 Å². The number of benzene rings is 1. The van der Waals surface area contributed by atoms with Crippen molar-refractivity contribution in [1.82, 2.24) is 0 Å². The Balaban J connectivity index is 1.87. The minimum atomic E-state index is -0.00272. The molecule has 0 amide bonds. The molecule has 1 aromatic rings. The topological polar surface area (TPSA) is 17.1 Å². The largest absolute Gasteiger partial charge is 0.298 e. The Morgan fingerprint density at radius 1 is 1.11 bits per heavy atom. The molecule has 102 valence electrons. The smallest absolute Gasteiger partial charge is 0.149 e. The van der Waals surface area contributed by atoms with E-state index in [1.807, 2.05) is 0 Å². The SMILES string of the molecule is O=C(CBr)C12CCC(c3cccc(Br)c3)(CC1)CC2. The van der Waals surface area contributed by atoms with Gasteiger partial charge in [-0.15, -0.1) is 0 Å². The van der Waals surface area contributed by atoms with E-state index in [0.717, 1.165) is 19.3 Å². The van der Waals surface area contributed by atoms with Gasteiger partial charge in [0.15, 0.2) is 0 Å². The fraction of sp³-hybridized carbons (Fsp3) is 0.562. The Morgan fingerprint density at radius 2 is 1.74 bits per heavy atom.